The molecule has 0 radical (unpaired) electrons. The first-order valence-corrected chi connectivity index (χ1v) is 12.1. The Balaban J connectivity index is 1.55. The number of aryl methyl sites for hydroxylation is 1. The van der Waals surface area contributed by atoms with Crippen molar-refractivity contribution in [1.29, 1.82) is 0 Å². The van der Waals surface area contributed by atoms with Crippen molar-refractivity contribution in [2.75, 3.05) is 0 Å². The maximum atomic E-state index is 12.7. The molecule has 190 valence electrons. The quantitative estimate of drug-likeness (QED) is 0.217. The Bertz CT molecular complexity index is 1160. The fourth-order valence-electron chi connectivity index (χ4n) is 3.58. The van der Waals surface area contributed by atoms with E-state index in [1.54, 1.807) is 26.8 Å². The Morgan fingerprint density at radius 3 is 2.31 bits per heavy atom. The zero-order chi connectivity index (χ0) is 26.0. The predicted octanol–water partition coefficient (Wildman–Crippen LogP) is 5.51. The Labute approximate surface area is 212 Å². The number of rotatable bonds is 11. The molecule has 0 saturated carbocycles. The first-order valence-electron chi connectivity index (χ1n) is 12.1. The minimum absolute atomic E-state index is 0.00392. The summed E-state index contributed by atoms with van der Waals surface area (Å²) in [5, 5.41) is 12.9. The third-order valence-electron chi connectivity index (χ3n) is 5.36. The van der Waals surface area contributed by atoms with Crippen LogP contribution < -0.4 is 0 Å². The van der Waals surface area contributed by atoms with Crippen molar-refractivity contribution in [1.82, 2.24) is 0 Å². The molecule has 0 amide bonds. The van der Waals surface area contributed by atoms with Crippen molar-refractivity contribution in [3.8, 4) is 0 Å². The number of allylic oxidation sites excluding steroid dienone is 1. The monoisotopic (exact) mass is 490 g/mol. The van der Waals surface area contributed by atoms with E-state index in [1.165, 1.54) is 22.6 Å². The van der Waals surface area contributed by atoms with Crippen LogP contribution in [0, 0.1) is 0 Å². The Kier molecular flexibility index (Phi) is 9.65. The van der Waals surface area contributed by atoms with E-state index in [2.05, 4.69) is 30.3 Å². The van der Waals surface area contributed by atoms with Crippen LogP contribution in [0.5, 0.6) is 0 Å². The number of aliphatic hydroxyl groups is 1. The van der Waals surface area contributed by atoms with Crippen molar-refractivity contribution >= 4 is 22.7 Å². The van der Waals surface area contributed by atoms with Crippen molar-refractivity contribution in [3.05, 3.63) is 96.3 Å². The normalized spacial score (nSPS) is 13.3. The minimum Gasteiger partial charge on any atom is -0.483 e. The topological polar surface area (TPSA) is 82.1 Å². The van der Waals surface area contributed by atoms with E-state index < -0.39 is 29.7 Å². The molecule has 3 aromatic carbocycles. The highest BCUT2D eigenvalue weighted by molar-refractivity contribution is 5.85. The Morgan fingerprint density at radius 1 is 0.889 bits per heavy atom. The molecule has 0 aliphatic heterocycles. The van der Waals surface area contributed by atoms with Crippen molar-refractivity contribution in [2.24, 2.45) is 0 Å². The summed E-state index contributed by atoms with van der Waals surface area (Å²) in [6, 6.07) is 23.8. The zero-order valence-corrected chi connectivity index (χ0v) is 21.1. The second kappa shape index (κ2) is 12.9. The summed E-state index contributed by atoms with van der Waals surface area (Å²) in [4.78, 5) is 25.1. The summed E-state index contributed by atoms with van der Waals surface area (Å²) in [7, 11) is 0. The fraction of sp³-hybridized carbons (Fsp3) is 0.333. The standard InChI is InChI=1S/C30H34O6/c1-30(2,3)36-28(32)26(31)27(29(33)35-21-23-13-6-4-7-14-23)34-19-11-5-8-12-22-17-18-24-15-9-10-16-25(24)20-22/h4,6-7,9-11,13-20,26-27,31H,5,8,12,21H2,1-3H3/t26-,27-/m1/s1. The molecule has 0 saturated heterocycles. The lowest BCUT2D eigenvalue weighted by molar-refractivity contribution is -0.181. The van der Waals surface area contributed by atoms with Gasteiger partial charge in [-0.3, -0.25) is 0 Å². The molecule has 3 aromatic rings. The molecule has 0 bridgehead atoms. The summed E-state index contributed by atoms with van der Waals surface area (Å²) in [5.41, 5.74) is 1.20. The molecule has 0 aliphatic rings. The smallest absolute Gasteiger partial charge is 0.351 e. The minimum atomic E-state index is -1.82. The molecule has 6 heteroatoms. The number of benzene rings is 3. The Hall–Kier alpha value is -3.64. The third kappa shape index (κ3) is 8.54. The molecule has 1 N–H and O–H groups in total. The number of unbranched alkanes of at least 4 members (excludes halogenated alkanes) is 1. The second-order valence-corrected chi connectivity index (χ2v) is 9.57. The summed E-state index contributed by atoms with van der Waals surface area (Å²) in [6.07, 6.45) is 2.19. The largest absolute Gasteiger partial charge is 0.483 e. The number of ether oxygens (including phenoxy) is 3. The van der Waals surface area contributed by atoms with Crippen LogP contribution >= 0.6 is 0 Å². The molecular weight excluding hydrogens is 456 g/mol. The lowest BCUT2D eigenvalue weighted by Crippen LogP contribution is -2.44. The number of hydrogen-bond acceptors (Lipinski definition) is 6. The highest BCUT2D eigenvalue weighted by Crippen LogP contribution is 2.17. The van der Waals surface area contributed by atoms with E-state index in [-0.39, 0.29) is 6.61 Å². The van der Waals surface area contributed by atoms with Crippen molar-refractivity contribution < 1.29 is 28.9 Å². The first kappa shape index (κ1) is 27.0. The fourth-order valence-corrected chi connectivity index (χ4v) is 3.58. The average Bonchev–Trinajstić information content (AvgIpc) is 2.86. The van der Waals surface area contributed by atoms with Gasteiger partial charge in [0.2, 0.25) is 6.10 Å². The molecule has 0 aliphatic carbocycles. The van der Waals surface area contributed by atoms with Crippen LogP contribution in [0.2, 0.25) is 0 Å². The lowest BCUT2D eigenvalue weighted by Gasteiger charge is -2.25. The maximum Gasteiger partial charge on any atom is 0.351 e. The summed E-state index contributed by atoms with van der Waals surface area (Å²) in [6.45, 7) is 5.03. The number of aliphatic hydroxyl groups excluding tert-OH is 1. The average molecular weight is 491 g/mol. The van der Waals surface area contributed by atoms with Crippen molar-refractivity contribution in [3.63, 3.8) is 0 Å². The Morgan fingerprint density at radius 2 is 1.58 bits per heavy atom. The van der Waals surface area contributed by atoms with Crippen LogP contribution in [-0.4, -0.2) is 34.9 Å². The van der Waals surface area contributed by atoms with E-state index in [0.717, 1.165) is 18.4 Å². The van der Waals surface area contributed by atoms with Gasteiger partial charge >= 0.3 is 11.9 Å². The molecule has 2 atom stereocenters. The summed E-state index contributed by atoms with van der Waals surface area (Å²) >= 11 is 0. The van der Waals surface area contributed by atoms with Gasteiger partial charge in [0.1, 0.15) is 12.2 Å². The van der Waals surface area contributed by atoms with Crippen LogP contribution in [0.4, 0.5) is 0 Å². The van der Waals surface area contributed by atoms with Crippen LogP contribution in [0.3, 0.4) is 0 Å². The van der Waals surface area contributed by atoms with Gasteiger partial charge in [-0.2, -0.15) is 0 Å². The molecule has 0 aromatic heterocycles. The van der Waals surface area contributed by atoms with Crippen LogP contribution in [0.15, 0.2) is 85.1 Å². The van der Waals surface area contributed by atoms with Gasteiger partial charge in [0, 0.05) is 0 Å². The summed E-state index contributed by atoms with van der Waals surface area (Å²) < 4.78 is 16.0. The highest BCUT2D eigenvalue weighted by atomic mass is 16.6. The molecule has 36 heavy (non-hydrogen) atoms. The van der Waals surface area contributed by atoms with Gasteiger partial charge in [-0.15, -0.1) is 0 Å². The molecule has 0 fully saturated rings. The van der Waals surface area contributed by atoms with Gasteiger partial charge in [-0.1, -0.05) is 72.8 Å². The van der Waals surface area contributed by atoms with Gasteiger partial charge in [0.15, 0.2) is 6.10 Å². The first-order chi connectivity index (χ1) is 17.2. The van der Waals surface area contributed by atoms with E-state index in [9.17, 15) is 14.7 Å². The number of carbonyl (C=O) groups is 2. The molecule has 6 nitrogen and oxygen atoms in total. The molecule has 3 rings (SSSR count). The van der Waals surface area contributed by atoms with Gasteiger partial charge in [0.05, 0.1) is 6.26 Å². The molecule has 0 spiro atoms. The van der Waals surface area contributed by atoms with Gasteiger partial charge in [-0.05, 0) is 68.0 Å². The van der Waals surface area contributed by atoms with E-state index in [4.69, 9.17) is 14.2 Å². The molecular formula is C30H34O6. The van der Waals surface area contributed by atoms with Crippen LogP contribution in [0.25, 0.3) is 10.8 Å². The van der Waals surface area contributed by atoms with Crippen LogP contribution in [0.1, 0.15) is 44.7 Å². The predicted molar refractivity (Wildman–Crippen MR) is 139 cm³/mol. The number of carbonyl (C=O) groups excluding carboxylic acids is 2. The lowest BCUT2D eigenvalue weighted by atomic mass is 10.0. The molecule has 0 unspecified atom stereocenters. The maximum absolute atomic E-state index is 12.7. The number of esters is 2. The summed E-state index contributed by atoms with van der Waals surface area (Å²) in [5.74, 6) is -1.80. The SMILES string of the molecule is CC(C)(C)OC(=O)[C@H](O)[C@@H](OC=CCCCc1ccc2ccccc2c1)C(=O)OCc1ccccc1. The zero-order valence-electron chi connectivity index (χ0n) is 21.1. The third-order valence-corrected chi connectivity index (χ3v) is 5.36. The number of hydrogen-bond donors (Lipinski definition) is 1. The highest BCUT2D eigenvalue weighted by Gasteiger charge is 2.37. The van der Waals surface area contributed by atoms with E-state index >= 15 is 0 Å². The van der Waals surface area contributed by atoms with Crippen molar-refractivity contribution in [2.45, 2.75) is 64.4 Å². The van der Waals surface area contributed by atoms with Gasteiger partial charge in [0.25, 0.3) is 0 Å². The van der Waals surface area contributed by atoms with E-state index in [1.807, 2.05) is 42.5 Å². The van der Waals surface area contributed by atoms with Gasteiger partial charge < -0.3 is 19.3 Å². The van der Waals surface area contributed by atoms with Gasteiger partial charge in [-0.25, -0.2) is 9.59 Å². The second-order valence-electron chi connectivity index (χ2n) is 9.57. The number of fused-ring (bicyclic) bond motifs is 1. The molecule has 0 heterocycles. The van der Waals surface area contributed by atoms with Crippen LogP contribution in [-0.2, 0) is 36.8 Å². The van der Waals surface area contributed by atoms with E-state index in [0.29, 0.717) is 6.42 Å².